The van der Waals surface area contributed by atoms with Crippen molar-refractivity contribution in [3.63, 3.8) is 0 Å². The Labute approximate surface area is 198 Å². The topological polar surface area (TPSA) is 85.2 Å². The molecule has 2 aromatic heterocycles. The van der Waals surface area contributed by atoms with Crippen LogP contribution in [0.2, 0.25) is 0 Å². The van der Waals surface area contributed by atoms with Gasteiger partial charge in [0.2, 0.25) is 5.91 Å². The maximum Gasteiger partial charge on any atom is 0.225 e. The van der Waals surface area contributed by atoms with Crippen molar-refractivity contribution in [2.45, 2.75) is 26.3 Å². The predicted octanol–water partition coefficient (Wildman–Crippen LogP) is 3.67. The van der Waals surface area contributed by atoms with Crippen LogP contribution >= 0.6 is 0 Å². The lowest BCUT2D eigenvalue weighted by molar-refractivity contribution is -0.125. The monoisotopic (exact) mass is 456 g/mol. The molecule has 8 nitrogen and oxygen atoms in total. The van der Waals surface area contributed by atoms with Crippen molar-refractivity contribution in [2.75, 3.05) is 25.1 Å². The number of carbonyl (C=O) groups is 1. The van der Waals surface area contributed by atoms with Crippen LogP contribution in [0.1, 0.15) is 24.0 Å². The maximum absolute atomic E-state index is 13.0. The maximum atomic E-state index is 13.0. The predicted molar refractivity (Wildman–Crippen MR) is 131 cm³/mol. The van der Waals surface area contributed by atoms with Crippen LogP contribution in [0.15, 0.2) is 61.1 Å². The van der Waals surface area contributed by atoms with Crippen LogP contribution in [0.3, 0.4) is 0 Å². The van der Waals surface area contributed by atoms with E-state index >= 15 is 0 Å². The van der Waals surface area contributed by atoms with E-state index in [1.807, 2.05) is 47.3 Å². The van der Waals surface area contributed by atoms with Crippen molar-refractivity contribution in [2.24, 2.45) is 5.92 Å². The van der Waals surface area contributed by atoms with Gasteiger partial charge in [0.1, 0.15) is 17.9 Å². The van der Waals surface area contributed by atoms with Gasteiger partial charge < -0.3 is 15.0 Å². The molecule has 0 aliphatic carbocycles. The fourth-order valence-electron chi connectivity index (χ4n) is 4.41. The standard InChI is InChI=1S/C26H28N6O2/c1-18-8-10-21(11-9-18)32-16-23-24(30-32)28-17-29-25(23)31-12-4-6-20(15-31)26(33)27-14-19-5-3-7-22(13-19)34-2/h3,5,7-11,13,16-17,20H,4,6,12,14-15H2,1-2H3,(H,27,33). The van der Waals surface area contributed by atoms with Crippen LogP contribution in [0.4, 0.5) is 5.82 Å². The number of nitrogens with one attached hydrogen (secondary N) is 1. The lowest BCUT2D eigenvalue weighted by atomic mass is 9.97. The molecule has 4 aromatic rings. The zero-order valence-electron chi connectivity index (χ0n) is 19.4. The molecular weight excluding hydrogens is 428 g/mol. The van der Waals surface area contributed by atoms with Crippen LogP contribution in [0.5, 0.6) is 5.75 Å². The first-order valence-corrected chi connectivity index (χ1v) is 11.5. The summed E-state index contributed by atoms with van der Waals surface area (Å²) in [5.41, 5.74) is 3.84. The number of piperidine rings is 1. The van der Waals surface area contributed by atoms with Crippen molar-refractivity contribution in [3.8, 4) is 11.4 Å². The van der Waals surface area contributed by atoms with Gasteiger partial charge in [0, 0.05) is 25.8 Å². The summed E-state index contributed by atoms with van der Waals surface area (Å²) in [6, 6.07) is 16.0. The normalized spacial score (nSPS) is 15.9. The van der Waals surface area contributed by atoms with E-state index < -0.39 is 0 Å². The number of amides is 1. The van der Waals surface area contributed by atoms with Crippen molar-refractivity contribution in [1.82, 2.24) is 25.1 Å². The van der Waals surface area contributed by atoms with Crippen LogP contribution in [0.25, 0.3) is 16.7 Å². The summed E-state index contributed by atoms with van der Waals surface area (Å²) in [4.78, 5) is 24.1. The molecule has 8 heteroatoms. The first-order valence-electron chi connectivity index (χ1n) is 11.5. The lowest BCUT2D eigenvalue weighted by Gasteiger charge is -2.33. The molecule has 0 spiro atoms. The number of hydrogen-bond acceptors (Lipinski definition) is 6. The first-order chi connectivity index (χ1) is 16.6. The highest BCUT2D eigenvalue weighted by Crippen LogP contribution is 2.28. The largest absolute Gasteiger partial charge is 0.497 e. The molecular formula is C26H28N6O2. The first kappa shape index (κ1) is 21.9. The zero-order chi connectivity index (χ0) is 23.5. The molecule has 3 heterocycles. The quantitative estimate of drug-likeness (QED) is 0.477. The highest BCUT2D eigenvalue weighted by atomic mass is 16.5. The number of aryl methyl sites for hydroxylation is 1. The number of benzene rings is 2. The molecule has 1 N–H and O–H groups in total. The Morgan fingerprint density at radius 1 is 1.18 bits per heavy atom. The molecule has 1 atom stereocenters. The fourth-order valence-corrected chi connectivity index (χ4v) is 4.41. The smallest absolute Gasteiger partial charge is 0.225 e. The minimum atomic E-state index is -0.100. The van der Waals surface area contributed by atoms with E-state index in [0.717, 1.165) is 47.6 Å². The van der Waals surface area contributed by atoms with Crippen LogP contribution in [-0.2, 0) is 11.3 Å². The Balaban J connectivity index is 1.31. The third kappa shape index (κ3) is 4.57. The molecule has 0 saturated carbocycles. The second-order valence-corrected chi connectivity index (χ2v) is 8.70. The Hall–Kier alpha value is -3.94. The van der Waals surface area contributed by atoms with Crippen LogP contribution in [-0.4, -0.2) is 45.9 Å². The number of ether oxygens (including phenoxy) is 1. The van der Waals surface area contributed by atoms with Gasteiger partial charge in [-0.05, 0) is 49.6 Å². The lowest BCUT2D eigenvalue weighted by Crippen LogP contribution is -2.43. The van der Waals surface area contributed by atoms with Crippen molar-refractivity contribution in [3.05, 3.63) is 72.2 Å². The Bertz CT molecular complexity index is 1300. The Morgan fingerprint density at radius 2 is 2.03 bits per heavy atom. The number of carbonyl (C=O) groups excluding carboxylic acids is 1. The van der Waals surface area contributed by atoms with E-state index in [9.17, 15) is 4.79 Å². The second-order valence-electron chi connectivity index (χ2n) is 8.70. The van der Waals surface area contributed by atoms with Gasteiger partial charge in [0.15, 0.2) is 5.65 Å². The molecule has 174 valence electrons. The van der Waals surface area contributed by atoms with E-state index in [1.54, 1.807) is 13.4 Å². The third-order valence-corrected chi connectivity index (χ3v) is 6.29. The molecule has 2 aromatic carbocycles. The summed E-state index contributed by atoms with van der Waals surface area (Å²) >= 11 is 0. The number of rotatable bonds is 6. The van der Waals surface area contributed by atoms with Crippen molar-refractivity contribution in [1.29, 1.82) is 0 Å². The number of fused-ring (bicyclic) bond motifs is 1. The molecule has 1 aliphatic rings. The minimum Gasteiger partial charge on any atom is -0.497 e. The number of hydrogen-bond donors (Lipinski definition) is 1. The van der Waals surface area contributed by atoms with E-state index in [4.69, 9.17) is 4.74 Å². The fraction of sp³-hybridized carbons (Fsp3) is 0.308. The van der Waals surface area contributed by atoms with E-state index in [0.29, 0.717) is 18.7 Å². The van der Waals surface area contributed by atoms with Gasteiger partial charge in [-0.2, -0.15) is 0 Å². The van der Waals surface area contributed by atoms with Crippen molar-refractivity contribution >= 4 is 22.8 Å². The molecule has 1 aliphatic heterocycles. The highest BCUT2D eigenvalue weighted by molar-refractivity contribution is 5.87. The van der Waals surface area contributed by atoms with Gasteiger partial charge in [-0.1, -0.05) is 29.8 Å². The van der Waals surface area contributed by atoms with E-state index in [-0.39, 0.29) is 11.8 Å². The summed E-state index contributed by atoms with van der Waals surface area (Å²) in [6.45, 7) is 4.01. The minimum absolute atomic E-state index is 0.0631. The zero-order valence-corrected chi connectivity index (χ0v) is 19.4. The summed E-state index contributed by atoms with van der Waals surface area (Å²) in [5, 5.41) is 8.63. The average Bonchev–Trinajstić information content (AvgIpc) is 3.32. The van der Waals surface area contributed by atoms with E-state index in [2.05, 4.69) is 44.3 Å². The molecule has 0 bridgehead atoms. The van der Waals surface area contributed by atoms with Gasteiger partial charge in [-0.3, -0.25) is 4.79 Å². The number of methoxy groups -OCH3 is 1. The summed E-state index contributed by atoms with van der Waals surface area (Å²) in [7, 11) is 1.64. The van der Waals surface area contributed by atoms with Crippen LogP contribution < -0.4 is 15.0 Å². The molecule has 1 saturated heterocycles. The van der Waals surface area contributed by atoms with E-state index in [1.165, 1.54) is 5.56 Å². The van der Waals surface area contributed by atoms with Gasteiger partial charge in [-0.25, -0.2) is 14.6 Å². The van der Waals surface area contributed by atoms with Gasteiger partial charge in [0.05, 0.1) is 24.1 Å². The number of aromatic nitrogens is 4. The highest BCUT2D eigenvalue weighted by Gasteiger charge is 2.28. The molecule has 1 unspecified atom stereocenters. The molecule has 5 rings (SSSR count). The second kappa shape index (κ2) is 9.51. The van der Waals surface area contributed by atoms with Gasteiger partial charge in [-0.15, -0.1) is 5.10 Å². The Kier molecular flexibility index (Phi) is 6.12. The molecule has 1 fully saturated rings. The van der Waals surface area contributed by atoms with Crippen molar-refractivity contribution < 1.29 is 9.53 Å². The average molecular weight is 457 g/mol. The summed E-state index contributed by atoms with van der Waals surface area (Å²) in [5.74, 6) is 1.58. The Morgan fingerprint density at radius 3 is 2.85 bits per heavy atom. The number of nitrogens with zero attached hydrogens (tertiary/aromatic N) is 5. The summed E-state index contributed by atoms with van der Waals surface area (Å²) < 4.78 is 7.11. The van der Waals surface area contributed by atoms with Gasteiger partial charge in [0.25, 0.3) is 0 Å². The van der Waals surface area contributed by atoms with Gasteiger partial charge >= 0.3 is 0 Å². The summed E-state index contributed by atoms with van der Waals surface area (Å²) in [6.07, 6.45) is 5.31. The molecule has 34 heavy (non-hydrogen) atoms. The molecule has 0 radical (unpaired) electrons. The SMILES string of the molecule is COc1cccc(CNC(=O)C2CCCN(c3ncnc4nn(-c5ccc(C)cc5)cc34)C2)c1. The molecule has 1 amide bonds. The number of anilines is 1. The van der Waals surface area contributed by atoms with Crippen LogP contribution in [0, 0.1) is 12.8 Å². The third-order valence-electron chi connectivity index (χ3n) is 6.29.